The van der Waals surface area contributed by atoms with Gasteiger partial charge < -0.3 is 25.2 Å². The van der Waals surface area contributed by atoms with Gasteiger partial charge in [-0.05, 0) is 36.8 Å². The van der Waals surface area contributed by atoms with Crippen LogP contribution in [0.1, 0.15) is 36.8 Å². The fourth-order valence-electron chi connectivity index (χ4n) is 4.37. The lowest BCUT2D eigenvalue weighted by atomic mass is 9.95. The van der Waals surface area contributed by atoms with Crippen LogP contribution in [-0.4, -0.2) is 67.7 Å². The standard InChI is InChI=1S/C34H46N2O6S/c1-3-5-17-30(22-27-13-8-6-9-14-27)34(40)42-24-31(26-43-25-28-15-10-7-11-16-28)36-33(39)29(12-4-2)23-32(38)35-18-20-41-21-19-37/h3-4,6-11,13-16,29-31,37H,1-2,5,12,17-26H2,(H,35,38)(H,36,39)/t29-,30+,31+/m0/s1. The summed E-state index contributed by atoms with van der Waals surface area (Å²) in [7, 11) is 0. The van der Waals surface area contributed by atoms with Gasteiger partial charge in [0.1, 0.15) is 6.61 Å². The molecule has 2 aromatic carbocycles. The maximum absolute atomic E-state index is 13.3. The lowest BCUT2D eigenvalue weighted by Crippen LogP contribution is -2.45. The monoisotopic (exact) mass is 610 g/mol. The van der Waals surface area contributed by atoms with E-state index in [1.54, 1.807) is 23.9 Å². The molecule has 2 amide bonds. The Kier molecular flexibility index (Phi) is 18.5. The average molecular weight is 611 g/mol. The van der Waals surface area contributed by atoms with Crippen LogP contribution in [0.2, 0.25) is 0 Å². The topological polar surface area (TPSA) is 114 Å². The molecule has 0 fully saturated rings. The smallest absolute Gasteiger partial charge is 0.309 e. The predicted molar refractivity (Wildman–Crippen MR) is 172 cm³/mol. The molecule has 0 bridgehead atoms. The van der Waals surface area contributed by atoms with Crippen molar-refractivity contribution in [3.8, 4) is 0 Å². The molecule has 3 N–H and O–H groups in total. The molecule has 3 atom stereocenters. The highest BCUT2D eigenvalue weighted by molar-refractivity contribution is 7.98. The number of allylic oxidation sites excluding steroid dienone is 2. The molecule has 0 saturated carbocycles. The molecule has 0 aliphatic heterocycles. The summed E-state index contributed by atoms with van der Waals surface area (Å²) in [4.78, 5) is 39.1. The lowest BCUT2D eigenvalue weighted by Gasteiger charge is -2.23. The first-order valence-electron chi connectivity index (χ1n) is 14.8. The Hall–Kier alpha value is -3.40. The summed E-state index contributed by atoms with van der Waals surface area (Å²) in [6.45, 7) is 8.24. The third kappa shape index (κ3) is 15.6. The van der Waals surface area contributed by atoms with Crippen molar-refractivity contribution in [1.82, 2.24) is 10.6 Å². The minimum atomic E-state index is -0.619. The number of rotatable bonds is 23. The van der Waals surface area contributed by atoms with Crippen LogP contribution in [0, 0.1) is 11.8 Å². The van der Waals surface area contributed by atoms with E-state index in [0.717, 1.165) is 16.9 Å². The van der Waals surface area contributed by atoms with E-state index in [0.29, 0.717) is 31.4 Å². The van der Waals surface area contributed by atoms with Gasteiger partial charge in [0.2, 0.25) is 11.8 Å². The van der Waals surface area contributed by atoms with Crippen LogP contribution in [0.5, 0.6) is 0 Å². The number of hydrogen-bond donors (Lipinski definition) is 3. The van der Waals surface area contributed by atoms with E-state index in [9.17, 15) is 14.4 Å². The largest absolute Gasteiger partial charge is 0.463 e. The molecule has 0 spiro atoms. The number of carbonyl (C=O) groups is 3. The molecule has 0 aliphatic carbocycles. The summed E-state index contributed by atoms with van der Waals surface area (Å²) in [6, 6.07) is 19.4. The van der Waals surface area contributed by atoms with Crippen LogP contribution >= 0.6 is 11.8 Å². The van der Waals surface area contributed by atoms with Crippen LogP contribution in [-0.2, 0) is 36.0 Å². The Labute approximate surface area is 260 Å². The van der Waals surface area contributed by atoms with Crippen LogP contribution in [0.3, 0.4) is 0 Å². The number of thioether (sulfide) groups is 1. The Morgan fingerprint density at radius 1 is 0.930 bits per heavy atom. The van der Waals surface area contributed by atoms with Crippen LogP contribution < -0.4 is 10.6 Å². The van der Waals surface area contributed by atoms with E-state index in [1.807, 2.05) is 60.7 Å². The predicted octanol–water partition coefficient (Wildman–Crippen LogP) is 4.48. The number of nitrogens with one attached hydrogen (secondary N) is 2. The van der Waals surface area contributed by atoms with Crippen LogP contribution in [0.25, 0.3) is 0 Å². The number of aliphatic hydroxyl groups excluding tert-OH is 1. The molecule has 0 heterocycles. The fourth-order valence-corrected chi connectivity index (χ4v) is 5.38. The molecule has 8 nitrogen and oxygen atoms in total. The molecule has 0 aromatic heterocycles. The molecule has 43 heavy (non-hydrogen) atoms. The highest BCUT2D eigenvalue weighted by Crippen LogP contribution is 2.19. The molecule has 0 aliphatic rings. The summed E-state index contributed by atoms with van der Waals surface area (Å²) < 4.78 is 11.0. The molecule has 9 heteroatoms. The van der Waals surface area contributed by atoms with Gasteiger partial charge in [0.05, 0.1) is 37.7 Å². The fraction of sp³-hybridized carbons (Fsp3) is 0.441. The summed E-state index contributed by atoms with van der Waals surface area (Å²) in [6.07, 6.45) is 5.61. The van der Waals surface area contributed by atoms with Gasteiger partial charge in [0.15, 0.2) is 0 Å². The second-order valence-electron chi connectivity index (χ2n) is 10.2. The Morgan fingerprint density at radius 2 is 1.63 bits per heavy atom. The van der Waals surface area contributed by atoms with E-state index in [4.69, 9.17) is 14.6 Å². The van der Waals surface area contributed by atoms with Gasteiger partial charge in [-0.25, -0.2) is 0 Å². The summed E-state index contributed by atoms with van der Waals surface area (Å²) >= 11 is 1.64. The first kappa shape index (κ1) is 35.8. The zero-order valence-electron chi connectivity index (χ0n) is 25.0. The summed E-state index contributed by atoms with van der Waals surface area (Å²) in [5.74, 6) is -0.544. The van der Waals surface area contributed by atoms with E-state index < -0.39 is 12.0 Å². The molecular weight excluding hydrogens is 564 g/mol. The van der Waals surface area contributed by atoms with Crippen molar-refractivity contribution >= 4 is 29.5 Å². The number of carbonyl (C=O) groups excluding carboxylic acids is 3. The van der Waals surface area contributed by atoms with E-state index in [2.05, 4.69) is 23.8 Å². The molecule has 234 valence electrons. The van der Waals surface area contributed by atoms with Crippen molar-refractivity contribution in [2.24, 2.45) is 11.8 Å². The zero-order chi connectivity index (χ0) is 31.1. The minimum Gasteiger partial charge on any atom is -0.463 e. The molecule has 0 unspecified atom stereocenters. The lowest BCUT2D eigenvalue weighted by molar-refractivity contribution is -0.150. The highest BCUT2D eigenvalue weighted by atomic mass is 32.2. The molecule has 2 rings (SSSR count). The number of esters is 1. The Bertz CT molecular complexity index is 1100. The van der Waals surface area contributed by atoms with E-state index in [-0.39, 0.29) is 63.1 Å². The molecule has 2 aromatic rings. The third-order valence-corrected chi connectivity index (χ3v) is 7.81. The number of benzene rings is 2. The summed E-state index contributed by atoms with van der Waals surface area (Å²) in [5.41, 5.74) is 2.22. The maximum Gasteiger partial charge on any atom is 0.309 e. The third-order valence-electron chi connectivity index (χ3n) is 6.64. The van der Waals surface area contributed by atoms with E-state index >= 15 is 0 Å². The number of aliphatic hydroxyl groups is 1. The Morgan fingerprint density at radius 3 is 2.28 bits per heavy atom. The number of hydrogen-bond acceptors (Lipinski definition) is 7. The van der Waals surface area contributed by atoms with Crippen molar-refractivity contribution in [3.63, 3.8) is 0 Å². The van der Waals surface area contributed by atoms with Crippen LogP contribution in [0.15, 0.2) is 86.0 Å². The quantitative estimate of drug-likeness (QED) is 0.0966. The molecular formula is C34H46N2O6S. The molecule has 0 saturated heterocycles. The first-order chi connectivity index (χ1) is 21.0. The normalized spacial score (nSPS) is 12.9. The van der Waals surface area contributed by atoms with Gasteiger partial charge in [-0.3, -0.25) is 14.4 Å². The average Bonchev–Trinajstić information content (AvgIpc) is 3.02. The second-order valence-corrected chi connectivity index (χ2v) is 11.2. The van der Waals surface area contributed by atoms with Crippen molar-refractivity contribution < 1.29 is 29.0 Å². The molecule has 0 radical (unpaired) electrons. The number of amides is 2. The van der Waals surface area contributed by atoms with Crippen molar-refractivity contribution in [2.75, 3.05) is 38.7 Å². The zero-order valence-corrected chi connectivity index (χ0v) is 25.8. The van der Waals surface area contributed by atoms with Gasteiger partial charge in [-0.1, -0.05) is 72.8 Å². The summed E-state index contributed by atoms with van der Waals surface area (Å²) in [5, 5.41) is 14.6. The van der Waals surface area contributed by atoms with Crippen molar-refractivity contribution in [2.45, 2.75) is 43.9 Å². The van der Waals surface area contributed by atoms with Gasteiger partial charge in [-0.2, -0.15) is 11.8 Å². The van der Waals surface area contributed by atoms with Gasteiger partial charge in [0, 0.05) is 24.5 Å². The number of ether oxygens (including phenoxy) is 2. The van der Waals surface area contributed by atoms with Crippen molar-refractivity contribution in [3.05, 3.63) is 97.1 Å². The van der Waals surface area contributed by atoms with Crippen LogP contribution in [0.4, 0.5) is 0 Å². The highest BCUT2D eigenvalue weighted by Gasteiger charge is 2.26. The van der Waals surface area contributed by atoms with Gasteiger partial charge >= 0.3 is 5.97 Å². The Balaban J connectivity index is 2.03. The maximum atomic E-state index is 13.3. The van der Waals surface area contributed by atoms with E-state index in [1.165, 1.54) is 0 Å². The first-order valence-corrected chi connectivity index (χ1v) is 15.9. The minimum absolute atomic E-state index is 0.0117. The second kappa shape index (κ2) is 22.2. The van der Waals surface area contributed by atoms with Crippen molar-refractivity contribution in [1.29, 1.82) is 0 Å². The SMILES string of the molecule is C=CCC[C@H](Cc1ccccc1)C(=O)OC[C@H](CSCc1ccccc1)NC(=O)[C@@H](CC=C)CC(=O)NCCOCCO. The van der Waals surface area contributed by atoms with Gasteiger partial charge in [-0.15, -0.1) is 13.2 Å². The van der Waals surface area contributed by atoms with Gasteiger partial charge in [0.25, 0.3) is 0 Å².